The summed E-state index contributed by atoms with van der Waals surface area (Å²) in [5, 5.41) is 9.55. The Morgan fingerprint density at radius 3 is 2.39 bits per heavy atom. The van der Waals surface area contributed by atoms with Crippen molar-refractivity contribution in [3.8, 4) is 5.75 Å². The standard InChI is InChI=1S/C15H17F3O4S/c16-9-4-5-12(13(6-9)22-14(17)18)15(19)7-10-2-1-3-11(8-15)23(10,20)21/h4-6,10-11,14,19H,1-3,7-8H2. The van der Waals surface area contributed by atoms with Gasteiger partial charge in [0, 0.05) is 11.6 Å². The third kappa shape index (κ3) is 2.94. The van der Waals surface area contributed by atoms with Crippen LogP contribution in [0.25, 0.3) is 0 Å². The normalized spacial score (nSPS) is 32.7. The van der Waals surface area contributed by atoms with Gasteiger partial charge in [0.2, 0.25) is 0 Å². The van der Waals surface area contributed by atoms with Crippen LogP contribution in [0, 0.1) is 5.82 Å². The summed E-state index contributed by atoms with van der Waals surface area (Å²) in [7, 11) is -3.31. The van der Waals surface area contributed by atoms with Gasteiger partial charge in [0.05, 0.1) is 16.1 Å². The van der Waals surface area contributed by atoms with E-state index < -0.39 is 44.1 Å². The molecule has 2 atom stereocenters. The molecule has 0 saturated carbocycles. The SMILES string of the molecule is O=S1(=O)C2CCCC1CC(O)(c1ccc(F)cc1OC(F)F)C2. The lowest BCUT2D eigenvalue weighted by molar-refractivity contribution is -0.0567. The summed E-state index contributed by atoms with van der Waals surface area (Å²) in [6.07, 6.45) is 1.46. The van der Waals surface area contributed by atoms with E-state index in [1.165, 1.54) is 6.07 Å². The molecule has 2 fully saturated rings. The van der Waals surface area contributed by atoms with Gasteiger partial charge >= 0.3 is 6.61 Å². The van der Waals surface area contributed by atoms with E-state index in [0.29, 0.717) is 12.8 Å². The molecule has 2 unspecified atom stereocenters. The first kappa shape index (κ1) is 16.6. The molecule has 0 spiro atoms. The Labute approximate surface area is 132 Å². The molecule has 0 radical (unpaired) electrons. The summed E-state index contributed by atoms with van der Waals surface area (Å²) in [6.45, 7) is -3.16. The first-order valence-corrected chi connectivity index (χ1v) is 9.03. The van der Waals surface area contributed by atoms with Crippen LogP contribution < -0.4 is 4.74 Å². The minimum absolute atomic E-state index is 0.0194. The maximum absolute atomic E-state index is 13.3. The lowest BCUT2D eigenvalue weighted by Crippen LogP contribution is -2.50. The molecule has 0 amide bonds. The highest BCUT2D eigenvalue weighted by molar-refractivity contribution is 7.92. The lowest BCUT2D eigenvalue weighted by Gasteiger charge is -2.44. The second-order valence-corrected chi connectivity index (χ2v) is 8.73. The van der Waals surface area contributed by atoms with E-state index in [9.17, 15) is 26.7 Å². The number of ether oxygens (including phenoxy) is 1. The highest BCUT2D eigenvalue weighted by atomic mass is 32.2. The summed E-state index contributed by atoms with van der Waals surface area (Å²) < 4.78 is 67.4. The zero-order chi connectivity index (χ0) is 16.8. The Kier molecular flexibility index (Phi) is 4.08. The molecule has 8 heteroatoms. The van der Waals surface area contributed by atoms with Crippen LogP contribution in [0.4, 0.5) is 13.2 Å². The Morgan fingerprint density at radius 2 is 1.83 bits per heavy atom. The molecule has 2 aliphatic heterocycles. The van der Waals surface area contributed by atoms with Crippen molar-refractivity contribution in [1.82, 2.24) is 0 Å². The van der Waals surface area contributed by atoms with E-state index in [2.05, 4.69) is 4.74 Å². The van der Waals surface area contributed by atoms with Crippen molar-refractivity contribution >= 4 is 9.84 Å². The lowest BCUT2D eigenvalue weighted by atomic mass is 9.80. The van der Waals surface area contributed by atoms with Crippen molar-refractivity contribution in [1.29, 1.82) is 0 Å². The topological polar surface area (TPSA) is 63.6 Å². The van der Waals surface area contributed by atoms with Crippen LogP contribution in [0.5, 0.6) is 5.75 Å². The number of halogens is 3. The van der Waals surface area contributed by atoms with Gasteiger partial charge in [-0.3, -0.25) is 0 Å². The van der Waals surface area contributed by atoms with Gasteiger partial charge in [-0.05, 0) is 37.8 Å². The number of aliphatic hydroxyl groups is 1. The third-order valence-corrected chi connectivity index (χ3v) is 7.44. The predicted molar refractivity (Wildman–Crippen MR) is 76.5 cm³/mol. The Bertz CT molecular complexity index is 685. The number of hydrogen-bond acceptors (Lipinski definition) is 4. The fraction of sp³-hybridized carbons (Fsp3) is 0.600. The largest absolute Gasteiger partial charge is 0.434 e. The smallest absolute Gasteiger partial charge is 0.387 e. The molecule has 0 aromatic heterocycles. The maximum atomic E-state index is 13.3. The average Bonchev–Trinajstić information content (AvgIpc) is 2.40. The van der Waals surface area contributed by atoms with Gasteiger partial charge in [-0.1, -0.05) is 6.42 Å². The fourth-order valence-electron chi connectivity index (χ4n) is 3.74. The second-order valence-electron chi connectivity index (χ2n) is 6.22. The molecule has 3 rings (SSSR count). The van der Waals surface area contributed by atoms with Gasteiger partial charge in [-0.2, -0.15) is 8.78 Å². The van der Waals surface area contributed by atoms with E-state index in [4.69, 9.17) is 0 Å². The number of hydrogen-bond donors (Lipinski definition) is 1. The van der Waals surface area contributed by atoms with E-state index in [1.807, 2.05) is 0 Å². The van der Waals surface area contributed by atoms with E-state index in [1.54, 1.807) is 0 Å². The number of fused-ring (bicyclic) bond motifs is 2. The molecular weight excluding hydrogens is 333 g/mol. The van der Waals surface area contributed by atoms with Crippen LogP contribution in [0.1, 0.15) is 37.7 Å². The molecule has 2 heterocycles. The first-order valence-electron chi connectivity index (χ1n) is 7.42. The average molecular weight is 350 g/mol. The Morgan fingerprint density at radius 1 is 1.22 bits per heavy atom. The molecule has 2 saturated heterocycles. The van der Waals surface area contributed by atoms with Crippen LogP contribution in [0.15, 0.2) is 18.2 Å². The zero-order valence-corrected chi connectivity index (χ0v) is 13.0. The summed E-state index contributed by atoms with van der Waals surface area (Å²) in [5.41, 5.74) is -1.59. The summed E-state index contributed by atoms with van der Waals surface area (Å²) in [4.78, 5) is 0. The minimum Gasteiger partial charge on any atom is -0.434 e. The van der Waals surface area contributed by atoms with Gasteiger partial charge in [-0.15, -0.1) is 0 Å². The van der Waals surface area contributed by atoms with Crippen molar-refractivity contribution in [3.63, 3.8) is 0 Å². The van der Waals surface area contributed by atoms with Crippen molar-refractivity contribution < 1.29 is 31.4 Å². The van der Waals surface area contributed by atoms with Crippen molar-refractivity contribution in [2.45, 2.75) is 54.8 Å². The van der Waals surface area contributed by atoms with Crippen molar-refractivity contribution in [2.75, 3.05) is 0 Å². The highest BCUT2D eigenvalue weighted by Crippen LogP contribution is 2.48. The molecule has 2 aliphatic rings. The van der Waals surface area contributed by atoms with Crippen LogP contribution in [-0.2, 0) is 15.4 Å². The summed E-state index contributed by atoms with van der Waals surface area (Å²) in [6, 6.07) is 3.03. The number of rotatable bonds is 3. The van der Waals surface area contributed by atoms with Crippen LogP contribution in [0.3, 0.4) is 0 Å². The minimum atomic E-state index is -3.31. The van der Waals surface area contributed by atoms with Crippen molar-refractivity contribution in [2.24, 2.45) is 0 Å². The van der Waals surface area contributed by atoms with Gasteiger partial charge in [0.15, 0.2) is 9.84 Å². The predicted octanol–water partition coefficient (Wildman–Crippen LogP) is 2.74. The van der Waals surface area contributed by atoms with Crippen LogP contribution in [-0.4, -0.2) is 30.6 Å². The number of alkyl halides is 2. The molecule has 23 heavy (non-hydrogen) atoms. The monoisotopic (exact) mass is 350 g/mol. The fourth-order valence-corrected chi connectivity index (χ4v) is 6.29. The van der Waals surface area contributed by atoms with Crippen molar-refractivity contribution in [3.05, 3.63) is 29.6 Å². The molecule has 0 aliphatic carbocycles. The molecular formula is C15H17F3O4S. The molecule has 1 N–H and O–H groups in total. The second kappa shape index (κ2) is 5.66. The Hall–Kier alpha value is -1.28. The first-order chi connectivity index (χ1) is 10.7. The molecule has 1 aromatic rings. The van der Waals surface area contributed by atoms with Gasteiger partial charge < -0.3 is 9.84 Å². The van der Waals surface area contributed by atoms with Crippen LogP contribution in [0.2, 0.25) is 0 Å². The summed E-state index contributed by atoms with van der Waals surface area (Å²) >= 11 is 0. The number of benzene rings is 1. The van der Waals surface area contributed by atoms with E-state index in [-0.39, 0.29) is 18.4 Å². The quantitative estimate of drug-likeness (QED) is 0.910. The number of sulfone groups is 1. The van der Waals surface area contributed by atoms with Gasteiger partial charge in [0.1, 0.15) is 11.6 Å². The molecule has 128 valence electrons. The Balaban J connectivity index is 2.01. The van der Waals surface area contributed by atoms with E-state index >= 15 is 0 Å². The van der Waals surface area contributed by atoms with Gasteiger partial charge in [-0.25, -0.2) is 12.8 Å². The van der Waals surface area contributed by atoms with Crippen LogP contribution >= 0.6 is 0 Å². The zero-order valence-electron chi connectivity index (χ0n) is 12.2. The molecule has 1 aromatic carbocycles. The molecule has 4 nitrogen and oxygen atoms in total. The third-order valence-electron chi connectivity index (χ3n) is 4.77. The maximum Gasteiger partial charge on any atom is 0.387 e. The summed E-state index contributed by atoms with van der Waals surface area (Å²) in [5.74, 6) is -1.21. The molecule has 2 bridgehead atoms. The highest BCUT2D eigenvalue weighted by Gasteiger charge is 2.51. The van der Waals surface area contributed by atoms with Gasteiger partial charge in [0.25, 0.3) is 0 Å². The van der Waals surface area contributed by atoms with E-state index in [0.717, 1.165) is 18.6 Å².